The molecule has 0 aliphatic heterocycles. The summed E-state index contributed by atoms with van der Waals surface area (Å²) in [5, 5.41) is 32.7. The second kappa shape index (κ2) is 56.8. The van der Waals surface area contributed by atoms with Gasteiger partial charge in [-0.25, -0.2) is 33.7 Å². The number of unbranched alkanes of at least 4 members (excludes halogenated alkanes) is 4. The van der Waals surface area contributed by atoms with Crippen LogP contribution in [0.1, 0.15) is 132 Å². The van der Waals surface area contributed by atoms with Gasteiger partial charge >= 0.3 is 5.97 Å². The van der Waals surface area contributed by atoms with Crippen molar-refractivity contribution in [3.05, 3.63) is 179 Å². The van der Waals surface area contributed by atoms with Crippen molar-refractivity contribution in [3.63, 3.8) is 0 Å². The van der Waals surface area contributed by atoms with Gasteiger partial charge in [0.15, 0.2) is 0 Å². The number of benzene rings is 5. The van der Waals surface area contributed by atoms with Gasteiger partial charge in [-0.15, -0.1) is 0 Å². The van der Waals surface area contributed by atoms with Gasteiger partial charge in [-0.1, -0.05) is 178 Å². The van der Waals surface area contributed by atoms with Crippen molar-refractivity contribution in [2.24, 2.45) is 40.1 Å². The lowest BCUT2D eigenvalue weighted by molar-refractivity contribution is -0.138. The third-order valence-corrected chi connectivity index (χ3v) is 27.5. The third kappa shape index (κ3) is 41.2. The summed E-state index contributed by atoms with van der Waals surface area (Å²) in [6, 6.07) is 31.9. The Morgan fingerprint density at radius 2 is 0.595 bits per heavy atom. The Morgan fingerprint density at radius 3 is 0.897 bits per heavy atom. The van der Waals surface area contributed by atoms with E-state index in [1.807, 2.05) is 13.8 Å². The number of aliphatic carboxylic acids is 1. The fourth-order valence-corrected chi connectivity index (χ4v) is 19.7. The van der Waals surface area contributed by atoms with E-state index in [1.54, 1.807) is 152 Å². The molecule has 0 heterocycles. The molecule has 5 aromatic carbocycles. The SMILES string of the molecule is CC(C)N[C@@H](CCCCN)C(=O)N[C@@H](CCCCN)CN(CC(=O)N[C@@H](CCC(=O)O)C(=O)N[C@@H](Cc1ccccc1)CN(CC(=O)N[C@@H](CCCCN)C(=O)NC(Cc1ccccc1)CN(CC(=O)N[C@@H](CCCCN)C(=O)N[C@@H](Cc1ccccc1)CN(CC(N)=O)S(=O)(=O)Cc1ccccc1)S(=O)(=O)CCN)S(=O)(=O)CCN)S(=O)(=O)Cc1ccccc1. The molecule has 0 aliphatic rings. The summed E-state index contributed by atoms with van der Waals surface area (Å²) in [6.45, 7) is -2.01. The largest absolute Gasteiger partial charge is 0.481 e. The van der Waals surface area contributed by atoms with E-state index in [2.05, 4.69) is 42.5 Å². The summed E-state index contributed by atoms with van der Waals surface area (Å²) in [5.74, 6) is -11.2. The maximum Gasteiger partial charge on any atom is 0.303 e. The Balaban J connectivity index is 1.48. The number of nitrogens with two attached hydrogens (primary N) is 7. The van der Waals surface area contributed by atoms with Crippen LogP contribution >= 0.6 is 0 Å². The van der Waals surface area contributed by atoms with Gasteiger partial charge in [0, 0.05) is 75.9 Å². The number of nitrogens with zero attached hydrogens (tertiary/aromatic N) is 4. The van der Waals surface area contributed by atoms with Crippen LogP contribution in [0.25, 0.3) is 0 Å². The molecular weight excluding hydrogens is 1700 g/mol. The van der Waals surface area contributed by atoms with E-state index in [1.165, 1.54) is 0 Å². The van der Waals surface area contributed by atoms with E-state index < -0.39 is 243 Å². The van der Waals surface area contributed by atoms with Crippen LogP contribution < -0.4 is 82.7 Å². The summed E-state index contributed by atoms with van der Waals surface area (Å²) in [7, 11) is -17.9. The van der Waals surface area contributed by atoms with Crippen LogP contribution in [-0.4, -0.2) is 267 Å². The topological polar surface area (TPSA) is 602 Å². The summed E-state index contributed by atoms with van der Waals surface area (Å²) in [4.78, 5) is 128. The predicted molar refractivity (Wildman–Crippen MR) is 484 cm³/mol. The van der Waals surface area contributed by atoms with Crippen LogP contribution in [0.15, 0.2) is 152 Å². The van der Waals surface area contributed by atoms with Crippen LogP contribution in [0.3, 0.4) is 0 Å². The van der Waals surface area contributed by atoms with Gasteiger partial charge in [-0.3, -0.25) is 43.2 Å². The normalized spacial score (nSPS) is 14.0. The van der Waals surface area contributed by atoms with Crippen molar-refractivity contribution < 1.29 is 81.9 Å². The van der Waals surface area contributed by atoms with E-state index in [4.69, 9.17) is 40.1 Å². The number of hydrogen-bond acceptors (Lipinski definition) is 24. The van der Waals surface area contributed by atoms with Gasteiger partial charge in [0.05, 0.1) is 55.2 Å². The molecule has 1 unspecified atom stereocenters. The third-order valence-electron chi connectivity index (χ3n) is 20.4. The molecule has 0 aromatic heterocycles. The highest BCUT2D eigenvalue weighted by Gasteiger charge is 2.38. The van der Waals surface area contributed by atoms with Gasteiger partial charge in [-0.2, -0.15) is 17.2 Å². The summed E-state index contributed by atoms with van der Waals surface area (Å²) >= 11 is 0. The van der Waals surface area contributed by atoms with E-state index in [-0.39, 0.29) is 77.0 Å². The van der Waals surface area contributed by atoms with Crippen molar-refractivity contribution in [2.75, 3.05) is 103 Å². The molecule has 0 fully saturated rings. The van der Waals surface area contributed by atoms with Crippen LogP contribution in [0.2, 0.25) is 0 Å². The van der Waals surface area contributed by atoms with Gasteiger partial charge in [0.25, 0.3) is 0 Å². The smallest absolute Gasteiger partial charge is 0.303 e. The molecule has 0 saturated heterocycles. The van der Waals surface area contributed by atoms with E-state index >= 15 is 4.79 Å². The van der Waals surface area contributed by atoms with Gasteiger partial charge in [-0.05, 0) is 144 Å². The first kappa shape index (κ1) is 107. The highest BCUT2D eigenvalue weighted by atomic mass is 32.2. The molecule has 0 spiro atoms. The number of carbonyl (C=O) groups is 9. The number of carboxylic acids is 1. The van der Waals surface area contributed by atoms with Crippen molar-refractivity contribution in [1.29, 1.82) is 0 Å². The first-order valence-electron chi connectivity index (χ1n) is 42.7. The Bertz CT molecular complexity index is 4630. The first-order chi connectivity index (χ1) is 60.0. The molecule has 5 aromatic rings. The minimum atomic E-state index is -4.61. The Labute approximate surface area is 742 Å². The molecule has 0 aliphatic carbocycles. The molecule has 8 amide bonds. The fraction of sp³-hybridized carbons (Fsp3) is 0.541. The Kier molecular flexibility index (Phi) is 48.3. The van der Waals surface area contributed by atoms with Crippen molar-refractivity contribution in [3.8, 4) is 0 Å². The molecule has 0 bridgehead atoms. The maximum absolute atomic E-state index is 15.1. The number of carboxylic acid groups (broad SMARTS) is 1. The van der Waals surface area contributed by atoms with Crippen LogP contribution in [0, 0.1) is 0 Å². The second-order valence-corrected chi connectivity index (χ2v) is 39.6. The zero-order valence-electron chi connectivity index (χ0n) is 72.2. The number of carbonyl (C=O) groups excluding carboxylic acids is 8. The average molecular weight is 1840 g/mol. The average Bonchev–Trinajstić information content (AvgIpc) is 0.832. The molecule has 5 rings (SSSR count). The van der Waals surface area contributed by atoms with Crippen LogP contribution in [-0.2, 0) is 114 Å². The quantitative estimate of drug-likeness (QED) is 0.0212. The summed E-state index contributed by atoms with van der Waals surface area (Å²) < 4.78 is 119. The summed E-state index contributed by atoms with van der Waals surface area (Å²) in [5.41, 5.74) is 43.5. The number of sulfonamides is 4. The minimum Gasteiger partial charge on any atom is -0.481 e. The molecule has 23 N–H and O–H groups in total. The molecule has 0 saturated carbocycles. The van der Waals surface area contributed by atoms with Gasteiger partial charge in [0.2, 0.25) is 87.4 Å². The van der Waals surface area contributed by atoms with Crippen molar-refractivity contribution in [1.82, 2.24) is 59.8 Å². The standard InChI is InChI=1S/C85H133N19O18S4/c1-63(2)93-73(37-19-23-43-87)82(111)94-69(36-18-22-42-86)53-104(126(121,122)62-68-34-16-7-17-35-68)60-80(108)100-76(40-41-81(109)110)85(114)97-72(52-66-30-12-5-13-31-66)56-103(124(117,118)49-47-91)59-79(107)99-75(39-21-25-45-89)84(113)96-71(51-65-28-10-4-11-29-65)55-102(123(115,116)48-46-90)58-78(106)98-74(38-20-24-44-88)83(112)95-70(50-64-26-8-3-9-27-64)54-101(57-77(92)105)125(119,120)61-67-32-14-6-15-33-67/h3-17,26-35,63,69-76,93H,18-25,36-62,86-91H2,1-2H3,(H2,92,105)(H,94,111)(H,95,112)(H,96,113)(H,97,114)(H,98,106)(H,99,107)(H,100,108)(H,109,110)/t69-,70-,71?,72-,73-,74-,75-,76-/m0/s1. The molecule has 37 nitrogen and oxygen atoms in total. The fourth-order valence-electron chi connectivity index (χ4n) is 14.1. The van der Waals surface area contributed by atoms with E-state index in [0.717, 1.165) is 17.2 Å². The lowest BCUT2D eigenvalue weighted by Crippen LogP contribution is -2.58. The second-order valence-electron chi connectivity index (χ2n) is 31.5. The monoisotopic (exact) mass is 1840 g/mol. The first-order valence-corrected chi connectivity index (χ1v) is 49.1. The molecule has 700 valence electrons. The number of primary amides is 1. The zero-order chi connectivity index (χ0) is 92.7. The van der Waals surface area contributed by atoms with E-state index in [9.17, 15) is 77.1 Å². The molecule has 126 heavy (non-hydrogen) atoms. The highest BCUT2D eigenvalue weighted by Crippen LogP contribution is 2.20. The number of rotatable bonds is 66. The highest BCUT2D eigenvalue weighted by molar-refractivity contribution is 7.89. The number of amides is 8. The zero-order valence-corrected chi connectivity index (χ0v) is 75.5. The van der Waals surface area contributed by atoms with E-state index in [0.29, 0.717) is 79.3 Å². The maximum atomic E-state index is 15.1. The Morgan fingerprint density at radius 1 is 0.325 bits per heavy atom. The minimum absolute atomic E-state index is 0.0270. The molecule has 41 heteroatoms. The van der Waals surface area contributed by atoms with Crippen LogP contribution in [0.5, 0.6) is 0 Å². The lowest BCUT2D eigenvalue weighted by atomic mass is 10.0. The molecule has 0 radical (unpaired) electrons. The molecule has 8 atom stereocenters. The van der Waals surface area contributed by atoms with Gasteiger partial charge in [0.1, 0.15) is 18.1 Å². The van der Waals surface area contributed by atoms with Gasteiger partial charge < -0.3 is 87.8 Å². The predicted octanol–water partition coefficient (Wildman–Crippen LogP) is -0.814. The van der Waals surface area contributed by atoms with Crippen molar-refractivity contribution in [2.45, 2.75) is 189 Å². The number of hydrogen-bond donors (Lipinski definition) is 16. The Hall–Kier alpha value is -9.31. The number of nitrogens with one attached hydrogen (secondary N) is 8. The summed E-state index contributed by atoms with van der Waals surface area (Å²) in [6.07, 6.45) is 2.31. The van der Waals surface area contributed by atoms with Crippen molar-refractivity contribution >= 4 is 93.3 Å². The molecular formula is C85H133N19O18S4. The van der Waals surface area contributed by atoms with Crippen LogP contribution in [0.4, 0.5) is 0 Å². The lowest BCUT2D eigenvalue weighted by Gasteiger charge is -2.31.